The van der Waals surface area contributed by atoms with Crippen LogP contribution in [0.4, 0.5) is 5.82 Å². The predicted octanol–water partition coefficient (Wildman–Crippen LogP) is 1.43. The number of aliphatic hydroxyl groups is 1. The highest BCUT2D eigenvalue weighted by molar-refractivity contribution is 7.89. The van der Waals surface area contributed by atoms with Crippen LogP contribution >= 0.6 is 0 Å². The molecule has 0 saturated heterocycles. The molecule has 0 amide bonds. The van der Waals surface area contributed by atoms with Gasteiger partial charge in [-0.2, -0.15) is 0 Å². The third-order valence-corrected chi connectivity index (χ3v) is 6.35. The van der Waals surface area contributed by atoms with Crippen LogP contribution in [0.25, 0.3) is 34.3 Å². The largest absolute Gasteiger partial charge is 0.414 e. The SMILES string of the molecule is CNCc1ccc(-c2nnc(-c3nc(-c4ccc(S(=O)(=O)NCCO)cc4)cnc3N)o2)cc1. The van der Waals surface area contributed by atoms with E-state index in [0.29, 0.717) is 17.1 Å². The molecule has 4 rings (SSSR count). The van der Waals surface area contributed by atoms with Crippen molar-refractivity contribution in [1.29, 1.82) is 0 Å². The zero-order valence-corrected chi connectivity index (χ0v) is 19.1. The van der Waals surface area contributed by atoms with E-state index in [0.717, 1.165) is 17.7 Å². The number of aromatic nitrogens is 4. The van der Waals surface area contributed by atoms with Crippen LogP contribution in [-0.2, 0) is 16.6 Å². The lowest BCUT2D eigenvalue weighted by atomic mass is 10.1. The van der Waals surface area contributed by atoms with Gasteiger partial charge in [0, 0.05) is 24.2 Å². The second kappa shape index (κ2) is 10.1. The second-order valence-corrected chi connectivity index (χ2v) is 9.04. The Labute approximate surface area is 196 Å². The highest BCUT2D eigenvalue weighted by Crippen LogP contribution is 2.28. The molecule has 0 bridgehead atoms. The molecule has 0 unspecified atom stereocenters. The van der Waals surface area contributed by atoms with Crippen molar-refractivity contribution in [3.8, 4) is 34.3 Å². The van der Waals surface area contributed by atoms with Gasteiger partial charge in [-0.05, 0) is 36.9 Å². The molecule has 2 aromatic heterocycles. The average molecular weight is 482 g/mol. The maximum atomic E-state index is 12.2. The number of aliphatic hydroxyl groups excluding tert-OH is 1. The van der Waals surface area contributed by atoms with Crippen LogP contribution in [0.15, 0.2) is 64.0 Å². The third kappa shape index (κ3) is 5.10. The monoisotopic (exact) mass is 481 g/mol. The normalized spacial score (nSPS) is 11.6. The number of nitrogens with two attached hydrogens (primary N) is 1. The highest BCUT2D eigenvalue weighted by atomic mass is 32.2. The summed E-state index contributed by atoms with van der Waals surface area (Å²) in [6.07, 6.45) is 1.48. The zero-order valence-electron chi connectivity index (χ0n) is 18.3. The lowest BCUT2D eigenvalue weighted by molar-refractivity contribution is 0.301. The molecule has 11 nitrogen and oxygen atoms in total. The van der Waals surface area contributed by atoms with Crippen molar-refractivity contribution in [2.45, 2.75) is 11.4 Å². The first-order valence-electron chi connectivity index (χ1n) is 10.3. The maximum Gasteiger partial charge on any atom is 0.270 e. The summed E-state index contributed by atoms with van der Waals surface area (Å²) < 4.78 is 32.5. The van der Waals surface area contributed by atoms with Crippen molar-refractivity contribution in [2.75, 3.05) is 25.9 Å². The van der Waals surface area contributed by atoms with Gasteiger partial charge in [-0.3, -0.25) is 0 Å². The fourth-order valence-corrected chi connectivity index (χ4v) is 4.19. The fraction of sp³-hybridized carbons (Fsp3) is 0.182. The molecule has 0 atom stereocenters. The topological polar surface area (TPSA) is 169 Å². The Morgan fingerprint density at radius 3 is 2.35 bits per heavy atom. The summed E-state index contributed by atoms with van der Waals surface area (Å²) in [5, 5.41) is 20.1. The molecule has 0 saturated carbocycles. The number of sulfonamides is 1. The minimum atomic E-state index is -3.71. The molecule has 0 fully saturated rings. The Balaban J connectivity index is 1.60. The van der Waals surface area contributed by atoms with E-state index >= 15 is 0 Å². The molecule has 4 aromatic rings. The maximum absolute atomic E-state index is 12.2. The van der Waals surface area contributed by atoms with E-state index in [1.807, 2.05) is 31.3 Å². The lowest BCUT2D eigenvalue weighted by Crippen LogP contribution is -2.26. The molecule has 0 radical (unpaired) electrons. The van der Waals surface area contributed by atoms with Crippen molar-refractivity contribution in [3.63, 3.8) is 0 Å². The van der Waals surface area contributed by atoms with Crippen molar-refractivity contribution < 1.29 is 17.9 Å². The number of nitrogens with one attached hydrogen (secondary N) is 2. The smallest absolute Gasteiger partial charge is 0.270 e. The van der Waals surface area contributed by atoms with Gasteiger partial charge in [0.05, 0.1) is 23.4 Å². The molecule has 5 N–H and O–H groups in total. The van der Waals surface area contributed by atoms with Crippen LogP contribution in [0.2, 0.25) is 0 Å². The molecule has 176 valence electrons. The first kappa shape index (κ1) is 23.4. The Kier molecular flexibility index (Phi) is 6.93. The molecule has 2 aromatic carbocycles. The van der Waals surface area contributed by atoms with Gasteiger partial charge >= 0.3 is 0 Å². The first-order chi connectivity index (χ1) is 16.4. The number of nitrogens with zero attached hydrogens (tertiary/aromatic N) is 4. The number of benzene rings is 2. The molecular formula is C22H23N7O4S. The average Bonchev–Trinajstić information content (AvgIpc) is 3.34. The summed E-state index contributed by atoms with van der Waals surface area (Å²) in [7, 11) is -1.83. The third-order valence-electron chi connectivity index (χ3n) is 4.87. The summed E-state index contributed by atoms with van der Waals surface area (Å²) in [6.45, 7) is 0.393. The Bertz CT molecular complexity index is 1370. The van der Waals surface area contributed by atoms with Gasteiger partial charge in [0.15, 0.2) is 11.5 Å². The van der Waals surface area contributed by atoms with Crippen molar-refractivity contribution in [3.05, 3.63) is 60.3 Å². The molecular weight excluding hydrogens is 458 g/mol. The number of rotatable bonds is 9. The van der Waals surface area contributed by atoms with Gasteiger partial charge in [-0.1, -0.05) is 24.3 Å². The predicted molar refractivity (Wildman–Crippen MR) is 126 cm³/mol. The summed E-state index contributed by atoms with van der Waals surface area (Å²) in [5.74, 6) is 0.562. The number of hydrogen-bond acceptors (Lipinski definition) is 10. The zero-order chi connectivity index (χ0) is 24.1. The van der Waals surface area contributed by atoms with E-state index in [1.54, 1.807) is 12.1 Å². The van der Waals surface area contributed by atoms with Gasteiger partial charge in [-0.25, -0.2) is 23.1 Å². The van der Waals surface area contributed by atoms with E-state index < -0.39 is 10.0 Å². The van der Waals surface area contributed by atoms with Gasteiger partial charge in [0.25, 0.3) is 5.89 Å². The van der Waals surface area contributed by atoms with Gasteiger partial charge in [0.1, 0.15) is 0 Å². The molecule has 0 aliphatic rings. The van der Waals surface area contributed by atoms with E-state index in [-0.39, 0.29) is 35.4 Å². The Morgan fingerprint density at radius 1 is 1.00 bits per heavy atom. The number of hydrogen-bond donors (Lipinski definition) is 4. The van der Waals surface area contributed by atoms with Crippen LogP contribution in [0.5, 0.6) is 0 Å². The van der Waals surface area contributed by atoms with Crippen molar-refractivity contribution >= 4 is 15.8 Å². The van der Waals surface area contributed by atoms with Gasteiger partial charge < -0.3 is 20.6 Å². The molecule has 2 heterocycles. The minimum Gasteiger partial charge on any atom is -0.414 e. The van der Waals surface area contributed by atoms with Crippen LogP contribution in [-0.4, -0.2) is 53.9 Å². The lowest BCUT2D eigenvalue weighted by Gasteiger charge is -2.07. The van der Waals surface area contributed by atoms with Crippen molar-refractivity contribution in [2.24, 2.45) is 0 Å². The Hall–Kier alpha value is -3.71. The summed E-state index contributed by atoms with van der Waals surface area (Å²) >= 11 is 0. The summed E-state index contributed by atoms with van der Waals surface area (Å²) in [6, 6.07) is 13.8. The van der Waals surface area contributed by atoms with E-state index in [1.165, 1.54) is 18.3 Å². The molecule has 12 heteroatoms. The van der Waals surface area contributed by atoms with Gasteiger partial charge in [0.2, 0.25) is 15.9 Å². The fourth-order valence-electron chi connectivity index (χ4n) is 3.17. The summed E-state index contributed by atoms with van der Waals surface area (Å²) in [5.41, 5.74) is 9.19. The first-order valence-corrected chi connectivity index (χ1v) is 11.8. The minimum absolute atomic E-state index is 0.0654. The van der Waals surface area contributed by atoms with Crippen LogP contribution in [0.1, 0.15) is 5.56 Å². The quantitative estimate of drug-likeness (QED) is 0.274. The molecule has 0 aliphatic carbocycles. The summed E-state index contributed by atoms with van der Waals surface area (Å²) in [4.78, 5) is 8.75. The van der Waals surface area contributed by atoms with E-state index in [2.05, 4.69) is 30.2 Å². The van der Waals surface area contributed by atoms with Gasteiger partial charge in [-0.15, -0.1) is 10.2 Å². The Morgan fingerprint density at radius 2 is 1.68 bits per heavy atom. The van der Waals surface area contributed by atoms with Crippen LogP contribution in [0.3, 0.4) is 0 Å². The van der Waals surface area contributed by atoms with E-state index in [4.69, 9.17) is 15.3 Å². The molecule has 0 aliphatic heterocycles. The molecule has 0 spiro atoms. The second-order valence-electron chi connectivity index (χ2n) is 7.27. The van der Waals surface area contributed by atoms with Crippen LogP contribution < -0.4 is 15.8 Å². The number of anilines is 1. The molecule has 34 heavy (non-hydrogen) atoms. The van der Waals surface area contributed by atoms with Crippen molar-refractivity contribution in [1.82, 2.24) is 30.2 Å². The van der Waals surface area contributed by atoms with E-state index in [9.17, 15) is 8.42 Å². The standard InChI is InChI=1S/C22H23N7O4S/c1-24-12-14-2-4-16(5-3-14)21-28-29-22(33-21)19-20(23)25-13-18(27-19)15-6-8-17(9-7-15)34(31,32)26-10-11-30/h2-9,13,24,26,30H,10-12H2,1H3,(H2,23,25). The highest BCUT2D eigenvalue weighted by Gasteiger charge is 2.18. The van der Waals surface area contributed by atoms with Crippen LogP contribution in [0, 0.1) is 0 Å². The number of nitrogen functional groups attached to an aromatic ring is 1.